The third-order valence-electron chi connectivity index (χ3n) is 6.21. The molecule has 0 bridgehead atoms. The number of fused-ring (bicyclic) bond motifs is 2. The standard InChI is InChI=1S/C30H23N3OS/c1-2-32-27-20-24(33(22-11-5-3-6-12-22)23-13-7-4-8-14-23)18-17-21(27)19-25(30(32)34)29-31-26-15-9-10-16-28(26)35-29/h3-20H,2H2,1H3. The summed E-state index contributed by atoms with van der Waals surface area (Å²) < 4.78 is 2.94. The first-order chi connectivity index (χ1) is 17.2. The zero-order valence-corrected chi connectivity index (χ0v) is 20.1. The van der Waals surface area contributed by atoms with Gasteiger partial charge in [-0.15, -0.1) is 11.3 Å². The highest BCUT2D eigenvalue weighted by Crippen LogP contribution is 2.36. The Balaban J connectivity index is 1.54. The summed E-state index contributed by atoms with van der Waals surface area (Å²) in [5, 5.41) is 1.78. The molecular weight excluding hydrogens is 450 g/mol. The summed E-state index contributed by atoms with van der Waals surface area (Å²) in [5.74, 6) is 0. The Morgan fingerprint density at radius 2 is 1.43 bits per heavy atom. The Bertz CT molecular complexity index is 1630. The van der Waals surface area contributed by atoms with Crippen molar-refractivity contribution in [1.82, 2.24) is 9.55 Å². The molecule has 0 aliphatic heterocycles. The van der Waals surface area contributed by atoms with Gasteiger partial charge in [0.05, 0.1) is 21.3 Å². The van der Waals surface area contributed by atoms with Gasteiger partial charge in [-0.3, -0.25) is 4.79 Å². The second-order valence-corrected chi connectivity index (χ2v) is 9.37. The molecule has 170 valence electrons. The fourth-order valence-corrected chi connectivity index (χ4v) is 5.53. The number of anilines is 3. The molecule has 35 heavy (non-hydrogen) atoms. The number of para-hydroxylation sites is 3. The molecule has 4 nitrogen and oxygen atoms in total. The van der Waals surface area contributed by atoms with E-state index in [1.54, 1.807) is 11.3 Å². The van der Waals surface area contributed by atoms with Crippen molar-refractivity contribution >= 4 is 49.5 Å². The third kappa shape index (κ3) is 3.80. The molecule has 6 rings (SSSR count). The van der Waals surface area contributed by atoms with Gasteiger partial charge in [-0.1, -0.05) is 54.6 Å². The minimum atomic E-state index is -0.0119. The Morgan fingerprint density at radius 1 is 0.771 bits per heavy atom. The fraction of sp³-hybridized carbons (Fsp3) is 0.0667. The highest BCUT2D eigenvalue weighted by atomic mass is 32.1. The van der Waals surface area contributed by atoms with Crippen LogP contribution in [-0.4, -0.2) is 9.55 Å². The van der Waals surface area contributed by atoms with Crippen molar-refractivity contribution in [2.24, 2.45) is 0 Å². The molecule has 0 saturated heterocycles. The first kappa shape index (κ1) is 21.3. The number of benzene rings is 4. The van der Waals surface area contributed by atoms with Gasteiger partial charge in [-0.05, 0) is 66.9 Å². The minimum absolute atomic E-state index is 0.0119. The van der Waals surface area contributed by atoms with Crippen molar-refractivity contribution < 1.29 is 0 Å². The number of aromatic nitrogens is 2. The van der Waals surface area contributed by atoms with Gasteiger partial charge in [0.2, 0.25) is 0 Å². The Hall–Kier alpha value is -4.22. The number of pyridine rings is 1. The van der Waals surface area contributed by atoms with E-state index >= 15 is 0 Å². The lowest BCUT2D eigenvalue weighted by atomic mass is 10.1. The first-order valence-corrected chi connectivity index (χ1v) is 12.5. The van der Waals surface area contributed by atoms with Crippen LogP contribution in [0.2, 0.25) is 0 Å². The molecule has 6 aromatic rings. The molecule has 0 spiro atoms. The molecule has 0 radical (unpaired) electrons. The Morgan fingerprint density at radius 3 is 2.09 bits per heavy atom. The van der Waals surface area contributed by atoms with Gasteiger partial charge in [0, 0.05) is 23.6 Å². The molecule has 0 N–H and O–H groups in total. The topological polar surface area (TPSA) is 38.1 Å². The molecule has 0 aliphatic rings. The van der Waals surface area contributed by atoms with E-state index in [-0.39, 0.29) is 5.56 Å². The van der Waals surface area contributed by atoms with Crippen molar-refractivity contribution in [2.75, 3.05) is 4.90 Å². The minimum Gasteiger partial charge on any atom is -0.310 e. The molecule has 2 heterocycles. The van der Waals surface area contributed by atoms with Crippen LogP contribution < -0.4 is 10.5 Å². The molecule has 5 heteroatoms. The monoisotopic (exact) mass is 473 g/mol. The molecule has 0 saturated carbocycles. The third-order valence-corrected chi connectivity index (χ3v) is 7.28. The van der Waals surface area contributed by atoms with Gasteiger partial charge in [0.1, 0.15) is 5.01 Å². The summed E-state index contributed by atoms with van der Waals surface area (Å²) in [5.41, 5.74) is 5.61. The second kappa shape index (κ2) is 8.85. The van der Waals surface area contributed by atoms with E-state index in [9.17, 15) is 4.79 Å². The smallest absolute Gasteiger partial charge is 0.261 e. The van der Waals surface area contributed by atoms with Crippen molar-refractivity contribution in [1.29, 1.82) is 0 Å². The van der Waals surface area contributed by atoms with Crippen molar-refractivity contribution in [3.05, 3.63) is 120 Å². The zero-order chi connectivity index (χ0) is 23.8. The summed E-state index contributed by atoms with van der Waals surface area (Å²) in [4.78, 5) is 20.6. The predicted molar refractivity (Wildman–Crippen MR) is 147 cm³/mol. The normalized spacial score (nSPS) is 11.2. The maximum atomic E-state index is 13.6. The van der Waals surface area contributed by atoms with E-state index in [1.165, 1.54) is 0 Å². The quantitative estimate of drug-likeness (QED) is 0.257. The second-order valence-electron chi connectivity index (χ2n) is 8.34. The summed E-state index contributed by atoms with van der Waals surface area (Å²) in [6, 6.07) is 36.9. The lowest BCUT2D eigenvalue weighted by Gasteiger charge is -2.26. The summed E-state index contributed by atoms with van der Waals surface area (Å²) >= 11 is 1.56. The van der Waals surface area contributed by atoms with Gasteiger partial charge < -0.3 is 9.47 Å². The van der Waals surface area contributed by atoms with E-state index in [2.05, 4.69) is 47.4 Å². The molecule has 4 aromatic carbocycles. The van der Waals surface area contributed by atoms with Crippen molar-refractivity contribution in [2.45, 2.75) is 13.5 Å². The van der Waals surface area contributed by atoms with Gasteiger partial charge in [-0.25, -0.2) is 4.98 Å². The van der Waals surface area contributed by atoms with Crippen LogP contribution in [0.1, 0.15) is 6.92 Å². The maximum absolute atomic E-state index is 13.6. The van der Waals surface area contributed by atoms with Crippen LogP contribution in [0.3, 0.4) is 0 Å². The van der Waals surface area contributed by atoms with Crippen LogP contribution in [0.25, 0.3) is 31.7 Å². The zero-order valence-electron chi connectivity index (χ0n) is 19.3. The Kier molecular flexibility index (Phi) is 5.39. The van der Waals surface area contributed by atoms with Gasteiger partial charge in [-0.2, -0.15) is 0 Å². The van der Waals surface area contributed by atoms with E-state index in [0.29, 0.717) is 12.1 Å². The van der Waals surface area contributed by atoms with E-state index in [0.717, 1.165) is 43.2 Å². The average Bonchev–Trinajstić information content (AvgIpc) is 3.34. The number of hydrogen-bond acceptors (Lipinski definition) is 4. The summed E-state index contributed by atoms with van der Waals surface area (Å²) in [6.45, 7) is 2.59. The van der Waals surface area contributed by atoms with Crippen LogP contribution in [0.5, 0.6) is 0 Å². The molecule has 0 amide bonds. The SMILES string of the molecule is CCn1c(=O)c(-c2nc3ccccc3s2)cc2ccc(N(c3ccccc3)c3ccccc3)cc21. The van der Waals surface area contributed by atoms with E-state index < -0.39 is 0 Å². The van der Waals surface area contributed by atoms with Gasteiger partial charge >= 0.3 is 0 Å². The number of hydrogen-bond donors (Lipinski definition) is 0. The number of rotatable bonds is 5. The van der Waals surface area contributed by atoms with Gasteiger partial charge in [0.15, 0.2) is 0 Å². The van der Waals surface area contributed by atoms with Crippen LogP contribution in [0.15, 0.2) is 114 Å². The molecule has 0 fully saturated rings. The van der Waals surface area contributed by atoms with Crippen LogP contribution >= 0.6 is 11.3 Å². The first-order valence-electron chi connectivity index (χ1n) is 11.7. The highest BCUT2D eigenvalue weighted by Gasteiger charge is 2.17. The lowest BCUT2D eigenvalue weighted by Crippen LogP contribution is -2.21. The van der Waals surface area contributed by atoms with Crippen LogP contribution in [0.4, 0.5) is 17.1 Å². The Labute approximate surface area is 207 Å². The lowest BCUT2D eigenvalue weighted by molar-refractivity contribution is 0.761. The van der Waals surface area contributed by atoms with Gasteiger partial charge in [0.25, 0.3) is 5.56 Å². The molecule has 0 unspecified atom stereocenters. The maximum Gasteiger partial charge on any atom is 0.261 e. The molecule has 2 aromatic heterocycles. The molecule has 0 aliphatic carbocycles. The van der Waals surface area contributed by atoms with Crippen LogP contribution in [-0.2, 0) is 6.54 Å². The highest BCUT2D eigenvalue weighted by molar-refractivity contribution is 7.21. The number of nitrogens with zero attached hydrogens (tertiary/aromatic N) is 3. The van der Waals surface area contributed by atoms with Crippen LogP contribution in [0, 0.1) is 0 Å². The average molecular weight is 474 g/mol. The predicted octanol–water partition coefficient (Wildman–Crippen LogP) is 7.77. The number of thiazole rings is 1. The fourth-order valence-electron chi connectivity index (χ4n) is 4.55. The summed E-state index contributed by atoms with van der Waals surface area (Å²) in [7, 11) is 0. The molecular formula is C30H23N3OS. The number of aryl methyl sites for hydroxylation is 1. The summed E-state index contributed by atoms with van der Waals surface area (Å²) in [6.07, 6.45) is 0. The van der Waals surface area contributed by atoms with E-state index in [1.807, 2.05) is 78.2 Å². The largest absolute Gasteiger partial charge is 0.310 e. The van der Waals surface area contributed by atoms with Crippen molar-refractivity contribution in [3.63, 3.8) is 0 Å². The molecule has 0 atom stereocenters. The van der Waals surface area contributed by atoms with E-state index in [4.69, 9.17) is 4.98 Å². The van der Waals surface area contributed by atoms with Crippen molar-refractivity contribution in [3.8, 4) is 10.6 Å².